The van der Waals surface area contributed by atoms with Gasteiger partial charge in [-0.25, -0.2) is 9.48 Å². The zero-order valence-electron chi connectivity index (χ0n) is 12.8. The van der Waals surface area contributed by atoms with E-state index in [1.807, 2.05) is 36.5 Å². The molecule has 122 valence electrons. The summed E-state index contributed by atoms with van der Waals surface area (Å²) >= 11 is 0. The summed E-state index contributed by atoms with van der Waals surface area (Å²) < 4.78 is 6.57. The smallest absolute Gasteiger partial charge is 0.326 e. The van der Waals surface area contributed by atoms with Crippen LogP contribution in [0.15, 0.2) is 42.7 Å². The van der Waals surface area contributed by atoms with Gasteiger partial charge in [-0.05, 0) is 23.8 Å². The van der Waals surface area contributed by atoms with Crippen LogP contribution < -0.4 is 5.32 Å². The summed E-state index contributed by atoms with van der Waals surface area (Å²) in [5, 5.41) is 15.7. The number of amides is 1. The van der Waals surface area contributed by atoms with Crippen molar-refractivity contribution in [3.05, 3.63) is 48.3 Å². The van der Waals surface area contributed by atoms with Gasteiger partial charge < -0.3 is 15.2 Å². The summed E-state index contributed by atoms with van der Waals surface area (Å²) in [6.45, 7) is 0.274. The molecule has 0 radical (unpaired) electrons. The molecule has 2 N–H and O–H groups in total. The molecular formula is C16H19N3O4. The highest BCUT2D eigenvalue weighted by molar-refractivity contribution is 5.84. The average Bonchev–Trinajstić information content (AvgIpc) is 3.06. The van der Waals surface area contributed by atoms with Crippen molar-refractivity contribution < 1.29 is 19.4 Å². The molecule has 2 aromatic rings. The number of ether oxygens (including phenoxy) is 1. The van der Waals surface area contributed by atoms with E-state index in [2.05, 4.69) is 10.4 Å². The number of hydrogen-bond acceptors (Lipinski definition) is 4. The molecule has 23 heavy (non-hydrogen) atoms. The molecule has 1 aromatic heterocycles. The average molecular weight is 317 g/mol. The van der Waals surface area contributed by atoms with Crippen molar-refractivity contribution in [1.82, 2.24) is 15.1 Å². The molecule has 1 unspecified atom stereocenters. The fourth-order valence-corrected chi connectivity index (χ4v) is 2.11. The standard InChI is InChI=1S/C16H19N3O4/c1-23-10-7-14(16(21)22)18-15(20)11-12-3-5-13(6-4-12)19-9-2-8-17-19/h2-6,8-9,14H,7,10-11H2,1H3,(H,18,20)(H,21,22). The van der Waals surface area contributed by atoms with E-state index in [0.717, 1.165) is 11.3 Å². The zero-order chi connectivity index (χ0) is 16.7. The first-order chi connectivity index (χ1) is 11.1. The van der Waals surface area contributed by atoms with Gasteiger partial charge in [0.1, 0.15) is 6.04 Å². The van der Waals surface area contributed by atoms with Crippen molar-refractivity contribution in [1.29, 1.82) is 0 Å². The van der Waals surface area contributed by atoms with Crippen molar-refractivity contribution in [3.63, 3.8) is 0 Å². The van der Waals surface area contributed by atoms with Crippen LogP contribution in [0.4, 0.5) is 0 Å². The summed E-state index contributed by atoms with van der Waals surface area (Å²) in [5.41, 5.74) is 1.69. The van der Waals surface area contributed by atoms with E-state index in [-0.39, 0.29) is 25.4 Å². The van der Waals surface area contributed by atoms with Gasteiger partial charge in [-0.2, -0.15) is 5.10 Å². The number of nitrogens with one attached hydrogen (secondary N) is 1. The van der Waals surface area contributed by atoms with Crippen molar-refractivity contribution in [2.75, 3.05) is 13.7 Å². The first-order valence-electron chi connectivity index (χ1n) is 7.20. The fourth-order valence-electron chi connectivity index (χ4n) is 2.11. The minimum absolute atomic E-state index is 0.121. The number of hydrogen-bond donors (Lipinski definition) is 2. The molecule has 1 heterocycles. The highest BCUT2D eigenvalue weighted by Gasteiger charge is 2.19. The second-order valence-corrected chi connectivity index (χ2v) is 5.03. The van der Waals surface area contributed by atoms with E-state index in [4.69, 9.17) is 9.84 Å². The molecule has 1 atom stereocenters. The number of methoxy groups -OCH3 is 1. The monoisotopic (exact) mass is 317 g/mol. The summed E-state index contributed by atoms with van der Waals surface area (Å²) in [5.74, 6) is -1.40. The highest BCUT2D eigenvalue weighted by atomic mass is 16.5. The van der Waals surface area contributed by atoms with Gasteiger partial charge in [-0.1, -0.05) is 12.1 Å². The van der Waals surface area contributed by atoms with Crippen LogP contribution in [0.2, 0.25) is 0 Å². The van der Waals surface area contributed by atoms with E-state index in [0.29, 0.717) is 0 Å². The van der Waals surface area contributed by atoms with Crippen molar-refractivity contribution in [3.8, 4) is 5.69 Å². The number of rotatable bonds is 8. The Labute approximate surface area is 133 Å². The third-order valence-corrected chi connectivity index (χ3v) is 3.31. The zero-order valence-corrected chi connectivity index (χ0v) is 12.8. The van der Waals surface area contributed by atoms with Crippen LogP contribution >= 0.6 is 0 Å². The molecule has 0 aliphatic carbocycles. The lowest BCUT2D eigenvalue weighted by Crippen LogP contribution is -2.42. The van der Waals surface area contributed by atoms with Gasteiger partial charge >= 0.3 is 5.97 Å². The maximum atomic E-state index is 12.0. The normalized spacial score (nSPS) is 11.9. The molecular weight excluding hydrogens is 298 g/mol. The second-order valence-electron chi connectivity index (χ2n) is 5.03. The van der Waals surface area contributed by atoms with Crippen LogP contribution in [-0.4, -0.2) is 46.5 Å². The van der Waals surface area contributed by atoms with Crippen molar-refractivity contribution in [2.24, 2.45) is 0 Å². The predicted octanol–water partition coefficient (Wildman–Crippen LogP) is 1.02. The van der Waals surface area contributed by atoms with Gasteiger partial charge in [0.25, 0.3) is 0 Å². The lowest BCUT2D eigenvalue weighted by Gasteiger charge is -2.14. The number of carbonyl (C=O) groups is 2. The van der Waals surface area contributed by atoms with Gasteiger partial charge in [0.2, 0.25) is 5.91 Å². The maximum Gasteiger partial charge on any atom is 0.326 e. The third kappa shape index (κ3) is 4.93. The Morgan fingerprint density at radius 1 is 1.35 bits per heavy atom. The van der Waals surface area contributed by atoms with Crippen LogP contribution in [0.5, 0.6) is 0 Å². The minimum atomic E-state index is -1.07. The molecule has 0 saturated carbocycles. The molecule has 0 bridgehead atoms. The first-order valence-corrected chi connectivity index (χ1v) is 7.20. The molecule has 0 fully saturated rings. The Balaban J connectivity index is 1.93. The minimum Gasteiger partial charge on any atom is -0.480 e. The van der Waals surface area contributed by atoms with E-state index in [1.54, 1.807) is 10.9 Å². The van der Waals surface area contributed by atoms with Crippen LogP contribution in [0.1, 0.15) is 12.0 Å². The Morgan fingerprint density at radius 3 is 2.65 bits per heavy atom. The summed E-state index contributed by atoms with van der Waals surface area (Å²) in [6, 6.07) is 8.24. The molecule has 0 aliphatic rings. The van der Waals surface area contributed by atoms with E-state index >= 15 is 0 Å². The fraction of sp³-hybridized carbons (Fsp3) is 0.312. The summed E-state index contributed by atoms with van der Waals surface area (Å²) in [4.78, 5) is 23.1. The Bertz CT molecular complexity index is 638. The van der Waals surface area contributed by atoms with Crippen LogP contribution in [-0.2, 0) is 20.7 Å². The topological polar surface area (TPSA) is 93.5 Å². The molecule has 0 spiro atoms. The van der Waals surface area contributed by atoms with Crippen LogP contribution in [0, 0.1) is 0 Å². The summed E-state index contributed by atoms with van der Waals surface area (Å²) in [7, 11) is 1.49. The number of nitrogens with zero attached hydrogens (tertiary/aromatic N) is 2. The van der Waals surface area contributed by atoms with E-state index < -0.39 is 12.0 Å². The number of carboxylic acid groups (broad SMARTS) is 1. The van der Waals surface area contributed by atoms with Crippen molar-refractivity contribution in [2.45, 2.75) is 18.9 Å². The van der Waals surface area contributed by atoms with Gasteiger partial charge in [-0.3, -0.25) is 4.79 Å². The maximum absolute atomic E-state index is 12.0. The van der Waals surface area contributed by atoms with Gasteiger partial charge in [-0.15, -0.1) is 0 Å². The molecule has 2 rings (SSSR count). The predicted molar refractivity (Wildman–Crippen MR) is 83.3 cm³/mol. The molecule has 7 heteroatoms. The first kappa shape index (κ1) is 16.7. The van der Waals surface area contributed by atoms with Crippen LogP contribution in [0.3, 0.4) is 0 Å². The number of carbonyl (C=O) groups excluding carboxylic acids is 1. The Hall–Kier alpha value is -2.67. The number of benzene rings is 1. The number of aromatic nitrogens is 2. The highest BCUT2D eigenvalue weighted by Crippen LogP contribution is 2.09. The lowest BCUT2D eigenvalue weighted by molar-refractivity contribution is -0.142. The van der Waals surface area contributed by atoms with E-state index in [9.17, 15) is 9.59 Å². The second kappa shape index (κ2) is 8.09. The van der Waals surface area contributed by atoms with Gasteiger partial charge in [0, 0.05) is 32.5 Å². The number of carboxylic acids is 1. The molecule has 7 nitrogen and oxygen atoms in total. The quantitative estimate of drug-likeness (QED) is 0.758. The molecule has 0 aliphatic heterocycles. The van der Waals surface area contributed by atoms with Gasteiger partial charge in [0.05, 0.1) is 12.1 Å². The van der Waals surface area contributed by atoms with E-state index in [1.165, 1.54) is 7.11 Å². The lowest BCUT2D eigenvalue weighted by atomic mass is 10.1. The largest absolute Gasteiger partial charge is 0.480 e. The number of aliphatic carboxylic acids is 1. The SMILES string of the molecule is COCCC(NC(=O)Cc1ccc(-n2cccn2)cc1)C(=O)O. The molecule has 0 saturated heterocycles. The van der Waals surface area contributed by atoms with Crippen LogP contribution in [0.25, 0.3) is 5.69 Å². The van der Waals surface area contributed by atoms with Crippen molar-refractivity contribution >= 4 is 11.9 Å². The Morgan fingerprint density at radius 2 is 2.09 bits per heavy atom. The Kier molecular flexibility index (Phi) is 5.87. The molecule has 1 amide bonds. The van der Waals surface area contributed by atoms with Gasteiger partial charge in [0.15, 0.2) is 0 Å². The molecule has 1 aromatic carbocycles. The summed E-state index contributed by atoms with van der Waals surface area (Å²) in [6.07, 6.45) is 3.87. The third-order valence-electron chi connectivity index (χ3n) is 3.31.